The number of nitrogen functional groups attached to an aromatic ring is 1. The lowest BCUT2D eigenvalue weighted by atomic mass is 10.1. The molecule has 0 bridgehead atoms. The molecular formula is C18H25N5O5S. The monoisotopic (exact) mass is 423 g/mol. The molecule has 10 nitrogen and oxygen atoms in total. The number of rotatable bonds is 6. The fourth-order valence-electron chi connectivity index (χ4n) is 2.93. The minimum Gasteiger partial charge on any atom is -0.463 e. The molecule has 1 fully saturated rings. The summed E-state index contributed by atoms with van der Waals surface area (Å²) in [4.78, 5) is 35.2. The summed E-state index contributed by atoms with van der Waals surface area (Å²) < 4.78 is 19.0. The van der Waals surface area contributed by atoms with Crippen LogP contribution < -0.4 is 5.73 Å². The first-order valence-corrected chi connectivity index (χ1v) is 9.83. The van der Waals surface area contributed by atoms with E-state index in [4.69, 9.17) is 32.2 Å². The van der Waals surface area contributed by atoms with Crippen molar-refractivity contribution in [2.24, 2.45) is 11.8 Å². The van der Waals surface area contributed by atoms with Crippen LogP contribution in [0.25, 0.3) is 11.2 Å². The Labute approximate surface area is 172 Å². The minimum atomic E-state index is -0.606. The summed E-state index contributed by atoms with van der Waals surface area (Å²) >= 11 is 5.20. The van der Waals surface area contributed by atoms with Gasteiger partial charge in [0.25, 0.3) is 0 Å². The van der Waals surface area contributed by atoms with Crippen LogP contribution in [0.4, 0.5) is 5.95 Å². The summed E-state index contributed by atoms with van der Waals surface area (Å²) in [6, 6.07) is 0. The molecule has 1 saturated heterocycles. The Balaban J connectivity index is 1.84. The van der Waals surface area contributed by atoms with Gasteiger partial charge in [0.1, 0.15) is 36.2 Å². The summed E-state index contributed by atoms with van der Waals surface area (Å²) in [7, 11) is 0. The third-order valence-electron chi connectivity index (χ3n) is 4.56. The summed E-state index contributed by atoms with van der Waals surface area (Å²) in [5, 5.41) is 0. The Morgan fingerprint density at radius 2 is 2.03 bits per heavy atom. The highest BCUT2D eigenvalue weighted by Crippen LogP contribution is 2.33. The molecule has 3 atom stereocenters. The van der Waals surface area contributed by atoms with E-state index in [-0.39, 0.29) is 41.0 Å². The van der Waals surface area contributed by atoms with Gasteiger partial charge in [-0.15, -0.1) is 0 Å². The van der Waals surface area contributed by atoms with Crippen molar-refractivity contribution in [2.45, 2.75) is 52.6 Å². The molecule has 11 heteroatoms. The van der Waals surface area contributed by atoms with Gasteiger partial charge in [-0.05, 0) is 0 Å². The van der Waals surface area contributed by atoms with Gasteiger partial charge in [-0.25, -0.2) is 9.97 Å². The lowest BCUT2D eigenvalue weighted by Crippen LogP contribution is -2.33. The number of carbonyl (C=O) groups is 2. The summed E-state index contributed by atoms with van der Waals surface area (Å²) in [6.07, 6.45) is 0.225. The zero-order valence-corrected chi connectivity index (χ0v) is 17.6. The Morgan fingerprint density at radius 3 is 2.69 bits per heavy atom. The van der Waals surface area contributed by atoms with E-state index < -0.39 is 18.4 Å². The lowest BCUT2D eigenvalue weighted by molar-refractivity contribution is -0.162. The fraction of sp³-hybridized carbons (Fsp3) is 0.611. The number of nitrogens with one attached hydrogen (secondary N) is 1. The number of esters is 2. The highest BCUT2D eigenvalue weighted by molar-refractivity contribution is 7.71. The molecule has 0 saturated carbocycles. The molecule has 2 aromatic rings. The molecule has 0 unspecified atom stereocenters. The lowest BCUT2D eigenvalue weighted by Gasteiger charge is -2.20. The van der Waals surface area contributed by atoms with Gasteiger partial charge in [-0.3, -0.25) is 14.2 Å². The minimum absolute atomic E-state index is 0.0180. The van der Waals surface area contributed by atoms with Crippen molar-refractivity contribution in [1.29, 1.82) is 0 Å². The number of hydrogen-bond acceptors (Lipinski definition) is 9. The number of anilines is 1. The molecule has 29 heavy (non-hydrogen) atoms. The maximum atomic E-state index is 12.1. The SMILES string of the molecule is CC(C)C(=O)OC[C@H]1O[C@@H](n2cnc3c(=S)nc(N)[nH]c32)C[C@@H]1OC(=O)C(C)C. The van der Waals surface area contributed by atoms with Crippen molar-refractivity contribution < 1.29 is 23.8 Å². The smallest absolute Gasteiger partial charge is 0.308 e. The second kappa shape index (κ2) is 8.46. The van der Waals surface area contributed by atoms with E-state index in [9.17, 15) is 9.59 Å². The maximum Gasteiger partial charge on any atom is 0.308 e. The van der Waals surface area contributed by atoms with Crippen LogP contribution in [0.5, 0.6) is 0 Å². The molecule has 2 aromatic heterocycles. The third-order valence-corrected chi connectivity index (χ3v) is 4.84. The van der Waals surface area contributed by atoms with Crippen molar-refractivity contribution in [3.63, 3.8) is 0 Å². The Kier molecular flexibility index (Phi) is 6.18. The Bertz CT molecular complexity index is 969. The van der Waals surface area contributed by atoms with E-state index in [1.807, 2.05) is 0 Å². The highest BCUT2D eigenvalue weighted by atomic mass is 32.1. The number of aromatic nitrogens is 4. The second-order valence-electron chi connectivity index (χ2n) is 7.56. The first-order valence-electron chi connectivity index (χ1n) is 9.42. The molecule has 0 aliphatic carbocycles. The topological polar surface area (TPSA) is 134 Å². The fourth-order valence-corrected chi connectivity index (χ4v) is 3.18. The highest BCUT2D eigenvalue weighted by Gasteiger charge is 2.40. The van der Waals surface area contributed by atoms with Crippen molar-refractivity contribution >= 4 is 41.3 Å². The molecule has 3 N–H and O–H groups in total. The van der Waals surface area contributed by atoms with Gasteiger partial charge in [-0.2, -0.15) is 0 Å². The average Bonchev–Trinajstić information content (AvgIpc) is 3.23. The number of hydrogen-bond donors (Lipinski definition) is 2. The molecule has 0 amide bonds. The molecule has 0 spiro atoms. The number of nitrogens with zero attached hydrogens (tertiary/aromatic N) is 3. The van der Waals surface area contributed by atoms with Crippen LogP contribution in [0.3, 0.4) is 0 Å². The van der Waals surface area contributed by atoms with Gasteiger partial charge >= 0.3 is 11.9 Å². The van der Waals surface area contributed by atoms with Gasteiger partial charge in [0.05, 0.1) is 18.2 Å². The van der Waals surface area contributed by atoms with E-state index in [1.54, 1.807) is 38.6 Å². The van der Waals surface area contributed by atoms with E-state index >= 15 is 0 Å². The molecule has 1 aliphatic rings. The first-order chi connectivity index (χ1) is 13.7. The molecule has 0 radical (unpaired) electrons. The number of nitrogens with two attached hydrogens (primary N) is 1. The molecule has 3 heterocycles. The third kappa shape index (κ3) is 4.56. The predicted octanol–water partition coefficient (Wildman–Crippen LogP) is 2.13. The summed E-state index contributed by atoms with van der Waals surface area (Å²) in [5.41, 5.74) is 6.82. The van der Waals surface area contributed by atoms with Crippen LogP contribution in [0.1, 0.15) is 40.3 Å². The Hall–Kier alpha value is -2.53. The molecule has 158 valence electrons. The largest absolute Gasteiger partial charge is 0.463 e. The van der Waals surface area contributed by atoms with Crippen molar-refractivity contribution in [2.75, 3.05) is 12.3 Å². The van der Waals surface area contributed by atoms with E-state index in [1.165, 1.54) is 0 Å². The van der Waals surface area contributed by atoms with E-state index in [0.717, 1.165) is 0 Å². The van der Waals surface area contributed by atoms with Crippen LogP contribution in [0.15, 0.2) is 6.33 Å². The van der Waals surface area contributed by atoms with Crippen LogP contribution in [-0.4, -0.2) is 50.3 Å². The molecule has 3 rings (SSSR count). The molecule has 1 aliphatic heterocycles. The van der Waals surface area contributed by atoms with E-state index in [0.29, 0.717) is 17.6 Å². The average molecular weight is 423 g/mol. The van der Waals surface area contributed by atoms with Crippen LogP contribution in [0, 0.1) is 16.5 Å². The normalized spacial score (nSPS) is 21.8. The first kappa shape index (κ1) is 21.2. The predicted molar refractivity (Wildman–Crippen MR) is 106 cm³/mol. The standard InChI is InChI=1S/C18H25N5O5S/c1-8(2)16(24)26-6-11-10(28-17(25)9(3)4)5-12(27-11)23-7-20-13-14(23)21-18(19)22-15(13)29/h7-12H,5-6H2,1-4H3,(H3,19,21,22,29)/t10-,11+,12+/m0/s1. The van der Waals surface area contributed by atoms with Crippen molar-refractivity contribution in [3.05, 3.63) is 11.0 Å². The van der Waals surface area contributed by atoms with Gasteiger partial charge in [0.15, 0.2) is 10.6 Å². The number of H-pyrrole nitrogens is 1. The Morgan fingerprint density at radius 1 is 1.34 bits per heavy atom. The van der Waals surface area contributed by atoms with E-state index in [2.05, 4.69) is 15.0 Å². The summed E-state index contributed by atoms with van der Waals surface area (Å²) in [6.45, 7) is 6.98. The number of fused-ring (bicyclic) bond motifs is 1. The van der Waals surface area contributed by atoms with Gasteiger partial charge in [-0.1, -0.05) is 39.9 Å². The zero-order valence-electron chi connectivity index (χ0n) is 16.7. The van der Waals surface area contributed by atoms with Gasteiger partial charge in [0, 0.05) is 6.42 Å². The van der Waals surface area contributed by atoms with Crippen LogP contribution in [0.2, 0.25) is 0 Å². The van der Waals surface area contributed by atoms with Crippen molar-refractivity contribution in [3.8, 4) is 0 Å². The number of carbonyl (C=O) groups excluding carboxylic acids is 2. The number of imidazole rings is 1. The summed E-state index contributed by atoms with van der Waals surface area (Å²) in [5.74, 6) is -1.09. The van der Waals surface area contributed by atoms with Gasteiger partial charge in [0.2, 0.25) is 0 Å². The van der Waals surface area contributed by atoms with Gasteiger partial charge < -0.3 is 24.9 Å². The number of aromatic amines is 1. The molecule has 0 aromatic carbocycles. The number of ether oxygens (including phenoxy) is 3. The second-order valence-corrected chi connectivity index (χ2v) is 7.94. The van der Waals surface area contributed by atoms with Crippen LogP contribution >= 0.6 is 12.2 Å². The van der Waals surface area contributed by atoms with Crippen molar-refractivity contribution in [1.82, 2.24) is 19.5 Å². The van der Waals surface area contributed by atoms with Crippen LogP contribution in [-0.2, 0) is 23.8 Å². The zero-order chi connectivity index (χ0) is 21.3. The molecular weight excluding hydrogens is 398 g/mol. The maximum absolute atomic E-state index is 12.1. The quantitative estimate of drug-likeness (QED) is 0.529.